The van der Waals surface area contributed by atoms with Gasteiger partial charge in [-0.15, -0.1) is 0 Å². The first kappa shape index (κ1) is 9.31. The molecule has 2 nitrogen and oxygen atoms in total. The fourth-order valence-corrected chi connectivity index (χ4v) is 1.47. The number of nitrogens with two attached hydrogens (primary N) is 1. The normalized spacial score (nSPS) is 10.4. The van der Waals surface area contributed by atoms with Gasteiger partial charge in [-0.1, -0.05) is 23.7 Å². The first-order valence-electron chi connectivity index (χ1n) is 4.34. The Balaban J connectivity index is 2.39. The van der Waals surface area contributed by atoms with Crippen LogP contribution in [0.5, 0.6) is 0 Å². The van der Waals surface area contributed by atoms with Crippen LogP contribution in [0.25, 0.3) is 11.3 Å². The fraction of sp³-hybridized carbons (Fsp3) is 0.0909. The van der Waals surface area contributed by atoms with Gasteiger partial charge in [0, 0.05) is 10.6 Å². The van der Waals surface area contributed by atoms with E-state index in [0.29, 0.717) is 11.6 Å². The minimum absolute atomic E-state index is 0.417. The first-order chi connectivity index (χ1) is 6.79. The molecule has 14 heavy (non-hydrogen) atoms. The maximum atomic E-state index is 5.87. The summed E-state index contributed by atoms with van der Waals surface area (Å²) in [5, 5.41) is 0.702. The van der Waals surface area contributed by atoms with Gasteiger partial charge in [-0.25, -0.2) is 0 Å². The molecule has 0 saturated carbocycles. The molecular formula is C11H10ClNO. The van der Waals surface area contributed by atoms with Crippen molar-refractivity contribution in [2.24, 2.45) is 5.73 Å². The SMILES string of the molecule is NCc1ccc(-c2cccc(Cl)c2)o1. The molecule has 0 spiro atoms. The lowest BCUT2D eigenvalue weighted by atomic mass is 10.2. The van der Waals surface area contributed by atoms with E-state index in [-0.39, 0.29) is 0 Å². The van der Waals surface area contributed by atoms with Crippen LogP contribution in [-0.4, -0.2) is 0 Å². The second-order valence-electron chi connectivity index (χ2n) is 2.98. The molecule has 0 unspecified atom stereocenters. The highest BCUT2D eigenvalue weighted by Crippen LogP contribution is 2.24. The molecule has 3 heteroatoms. The predicted octanol–water partition coefficient (Wildman–Crippen LogP) is 3.06. The van der Waals surface area contributed by atoms with Crippen LogP contribution in [0.1, 0.15) is 5.76 Å². The first-order valence-corrected chi connectivity index (χ1v) is 4.72. The van der Waals surface area contributed by atoms with E-state index < -0.39 is 0 Å². The Labute approximate surface area is 87.3 Å². The molecule has 0 aliphatic heterocycles. The van der Waals surface area contributed by atoms with E-state index in [1.54, 1.807) is 0 Å². The molecule has 0 radical (unpaired) electrons. The largest absolute Gasteiger partial charge is 0.460 e. The van der Waals surface area contributed by atoms with Crippen LogP contribution in [0.15, 0.2) is 40.8 Å². The van der Waals surface area contributed by atoms with Gasteiger partial charge in [0.1, 0.15) is 11.5 Å². The Hall–Kier alpha value is -1.25. The Morgan fingerprint density at radius 3 is 2.71 bits per heavy atom. The Morgan fingerprint density at radius 2 is 2.07 bits per heavy atom. The topological polar surface area (TPSA) is 39.2 Å². The maximum Gasteiger partial charge on any atom is 0.134 e. The molecule has 72 valence electrons. The van der Waals surface area contributed by atoms with Crippen LogP contribution in [0.3, 0.4) is 0 Å². The molecule has 1 aromatic carbocycles. The lowest BCUT2D eigenvalue weighted by Gasteiger charge is -1.97. The molecule has 2 N–H and O–H groups in total. The maximum absolute atomic E-state index is 5.87. The van der Waals surface area contributed by atoms with Crippen LogP contribution in [0.2, 0.25) is 5.02 Å². The summed E-state index contributed by atoms with van der Waals surface area (Å²) in [6.45, 7) is 0.417. The lowest BCUT2D eigenvalue weighted by Crippen LogP contribution is -1.92. The van der Waals surface area contributed by atoms with Crippen LogP contribution in [0.4, 0.5) is 0 Å². The Kier molecular flexibility index (Phi) is 2.57. The predicted molar refractivity (Wildman–Crippen MR) is 57.0 cm³/mol. The Bertz CT molecular complexity index is 436. The van der Waals surface area contributed by atoms with Crippen molar-refractivity contribution in [3.8, 4) is 11.3 Å². The van der Waals surface area contributed by atoms with E-state index in [9.17, 15) is 0 Å². The molecule has 2 aromatic rings. The van der Waals surface area contributed by atoms with Gasteiger partial charge >= 0.3 is 0 Å². The molecule has 0 saturated heterocycles. The highest BCUT2D eigenvalue weighted by Gasteiger charge is 2.03. The number of hydrogen-bond acceptors (Lipinski definition) is 2. The van der Waals surface area contributed by atoms with E-state index in [0.717, 1.165) is 17.1 Å². The van der Waals surface area contributed by atoms with E-state index in [2.05, 4.69) is 0 Å². The molecule has 1 aromatic heterocycles. The number of halogens is 1. The second kappa shape index (κ2) is 3.86. The van der Waals surface area contributed by atoms with Crippen LogP contribution in [0, 0.1) is 0 Å². The van der Waals surface area contributed by atoms with Crippen molar-refractivity contribution in [2.75, 3.05) is 0 Å². The molecule has 0 amide bonds. The monoisotopic (exact) mass is 207 g/mol. The van der Waals surface area contributed by atoms with E-state index in [1.807, 2.05) is 36.4 Å². The summed E-state index contributed by atoms with van der Waals surface area (Å²) in [5.74, 6) is 1.58. The summed E-state index contributed by atoms with van der Waals surface area (Å²) in [4.78, 5) is 0. The van der Waals surface area contributed by atoms with Gasteiger partial charge in [-0.3, -0.25) is 0 Å². The van der Waals surface area contributed by atoms with Crippen molar-refractivity contribution in [3.63, 3.8) is 0 Å². The van der Waals surface area contributed by atoms with E-state index in [4.69, 9.17) is 21.8 Å². The number of hydrogen-bond donors (Lipinski definition) is 1. The zero-order valence-corrected chi connectivity index (χ0v) is 8.29. The summed E-state index contributed by atoms with van der Waals surface area (Å²) in [6.07, 6.45) is 0. The molecule has 0 aliphatic carbocycles. The van der Waals surface area contributed by atoms with Gasteiger partial charge in [0.05, 0.1) is 6.54 Å². The van der Waals surface area contributed by atoms with Gasteiger partial charge in [0.25, 0.3) is 0 Å². The number of furan rings is 1. The van der Waals surface area contributed by atoms with Gasteiger partial charge in [-0.2, -0.15) is 0 Å². The molecule has 0 atom stereocenters. The highest BCUT2D eigenvalue weighted by molar-refractivity contribution is 6.30. The van der Waals surface area contributed by atoms with Crippen LogP contribution >= 0.6 is 11.6 Å². The van der Waals surface area contributed by atoms with E-state index >= 15 is 0 Å². The summed E-state index contributed by atoms with van der Waals surface area (Å²) >= 11 is 5.87. The number of rotatable bonds is 2. The van der Waals surface area contributed by atoms with Gasteiger partial charge in [0.15, 0.2) is 0 Å². The zero-order chi connectivity index (χ0) is 9.97. The van der Waals surface area contributed by atoms with Crippen molar-refractivity contribution in [1.82, 2.24) is 0 Å². The minimum Gasteiger partial charge on any atom is -0.460 e. The third-order valence-corrected chi connectivity index (χ3v) is 2.21. The smallest absolute Gasteiger partial charge is 0.134 e. The summed E-state index contributed by atoms with van der Waals surface area (Å²) < 4.78 is 5.49. The quantitative estimate of drug-likeness (QED) is 0.822. The van der Waals surface area contributed by atoms with Crippen molar-refractivity contribution in [1.29, 1.82) is 0 Å². The third kappa shape index (κ3) is 1.81. The molecule has 0 fully saturated rings. The Morgan fingerprint density at radius 1 is 1.21 bits per heavy atom. The molecule has 0 bridgehead atoms. The van der Waals surface area contributed by atoms with E-state index in [1.165, 1.54) is 0 Å². The van der Waals surface area contributed by atoms with Crippen LogP contribution < -0.4 is 5.73 Å². The second-order valence-corrected chi connectivity index (χ2v) is 3.42. The van der Waals surface area contributed by atoms with Crippen molar-refractivity contribution in [2.45, 2.75) is 6.54 Å². The fourth-order valence-electron chi connectivity index (χ4n) is 1.28. The lowest BCUT2D eigenvalue weighted by molar-refractivity contribution is 0.525. The molecule has 2 rings (SSSR count). The summed E-state index contributed by atoms with van der Waals surface area (Å²) in [5.41, 5.74) is 6.42. The molecule has 0 aliphatic rings. The average molecular weight is 208 g/mol. The highest BCUT2D eigenvalue weighted by atomic mass is 35.5. The number of benzene rings is 1. The van der Waals surface area contributed by atoms with Gasteiger partial charge in [-0.05, 0) is 24.3 Å². The third-order valence-electron chi connectivity index (χ3n) is 1.97. The average Bonchev–Trinajstić information content (AvgIpc) is 2.66. The van der Waals surface area contributed by atoms with Crippen molar-refractivity contribution < 1.29 is 4.42 Å². The van der Waals surface area contributed by atoms with Gasteiger partial charge in [0.2, 0.25) is 0 Å². The van der Waals surface area contributed by atoms with Crippen molar-refractivity contribution >= 4 is 11.6 Å². The zero-order valence-electron chi connectivity index (χ0n) is 7.53. The van der Waals surface area contributed by atoms with Crippen LogP contribution in [-0.2, 0) is 6.54 Å². The van der Waals surface area contributed by atoms with Gasteiger partial charge < -0.3 is 10.2 Å². The minimum atomic E-state index is 0.417. The summed E-state index contributed by atoms with van der Waals surface area (Å²) in [7, 11) is 0. The summed E-state index contributed by atoms with van der Waals surface area (Å²) in [6, 6.07) is 11.3. The molecule has 1 heterocycles. The standard InChI is InChI=1S/C11H10ClNO/c12-9-3-1-2-8(6-9)11-5-4-10(7-13)14-11/h1-6H,7,13H2. The van der Waals surface area contributed by atoms with Crippen molar-refractivity contribution in [3.05, 3.63) is 47.2 Å². The molecular weight excluding hydrogens is 198 g/mol.